The molecule has 19 heteroatoms. The van der Waals surface area contributed by atoms with E-state index in [0.717, 1.165) is 32.1 Å². The van der Waals surface area contributed by atoms with E-state index in [2.05, 4.69) is 34.6 Å². The highest BCUT2D eigenvalue weighted by molar-refractivity contribution is 5.32. The van der Waals surface area contributed by atoms with Crippen LogP contribution in [0.1, 0.15) is 106 Å². The third kappa shape index (κ3) is 8.12. The molecule has 67 heavy (non-hydrogen) atoms. The lowest BCUT2D eigenvalue weighted by Crippen LogP contribution is -2.67. The Labute approximate surface area is 393 Å². The zero-order valence-corrected chi connectivity index (χ0v) is 40.1. The van der Waals surface area contributed by atoms with Gasteiger partial charge < -0.3 is 94.8 Å². The van der Waals surface area contributed by atoms with E-state index in [0.29, 0.717) is 25.7 Å². The van der Waals surface area contributed by atoms with Crippen molar-refractivity contribution in [2.45, 2.75) is 223 Å². The highest BCUT2D eigenvalue weighted by Gasteiger charge is 2.84. The largest absolute Gasteiger partial charge is 0.394 e. The summed E-state index contributed by atoms with van der Waals surface area (Å²) >= 11 is 0. The Bertz CT molecular complexity index is 1710. The van der Waals surface area contributed by atoms with Crippen LogP contribution in [0, 0.1) is 56.7 Å². The van der Waals surface area contributed by atoms with Crippen molar-refractivity contribution in [1.29, 1.82) is 0 Å². The molecule has 8 aliphatic rings. The summed E-state index contributed by atoms with van der Waals surface area (Å²) in [7, 11) is 0. The molecule has 0 aromatic rings. The van der Waals surface area contributed by atoms with Gasteiger partial charge in [0.1, 0.15) is 73.2 Å². The minimum absolute atomic E-state index is 0.0938. The highest BCUT2D eigenvalue weighted by atomic mass is 16.8. The third-order valence-electron chi connectivity index (χ3n) is 19.8. The standard InChI is InChI=1S/C48H82O19/c1-20(2)22(52)9-8-21(3)31-23(53)14-45(6)28-11-10-27-44(4,5)30(12-13-47(27)19-48(28,47)15-29(54)46(31,45)7)65-43-40(36(59)33(56)25(17-50)64-43)67-42-38(61)39(34(57)26(18-51)63-42)66-41-37(60)35(58)32(55)24(16-49)62-41/h20-43,49-61H,8-19H2,1-7H3/t21-,22?,23+,24-,25-,26-,27+,28+,29?,30+,31+,32-,33-,34-,35+,36+,37-,38-,39+,40-,41+,42+,43+,45+,46-,47-,48+/m1/s1. The molecule has 8 rings (SSSR count). The Morgan fingerprint density at radius 1 is 0.567 bits per heavy atom. The van der Waals surface area contributed by atoms with Crippen molar-refractivity contribution >= 4 is 0 Å². The van der Waals surface area contributed by atoms with Crippen molar-refractivity contribution in [3.63, 3.8) is 0 Å². The molecule has 388 valence electrons. The monoisotopic (exact) mass is 963 g/mol. The third-order valence-corrected chi connectivity index (χ3v) is 19.8. The van der Waals surface area contributed by atoms with Gasteiger partial charge in [0.25, 0.3) is 0 Å². The Hall–Kier alpha value is -0.760. The number of hydrogen-bond donors (Lipinski definition) is 13. The van der Waals surface area contributed by atoms with Crippen LogP contribution in [0.2, 0.25) is 0 Å². The lowest BCUT2D eigenvalue weighted by atomic mass is 9.41. The maximum atomic E-state index is 12.5. The molecule has 5 aliphatic carbocycles. The highest BCUT2D eigenvalue weighted by Crippen LogP contribution is 2.89. The molecule has 8 fully saturated rings. The van der Waals surface area contributed by atoms with Crippen molar-refractivity contribution in [2.75, 3.05) is 19.8 Å². The van der Waals surface area contributed by atoms with Gasteiger partial charge in [-0.25, -0.2) is 0 Å². The van der Waals surface area contributed by atoms with E-state index < -0.39 is 147 Å². The summed E-state index contributed by atoms with van der Waals surface area (Å²) in [4.78, 5) is 0. The van der Waals surface area contributed by atoms with Crippen LogP contribution in [0.4, 0.5) is 0 Å². The predicted octanol–water partition coefficient (Wildman–Crippen LogP) is -1.37. The van der Waals surface area contributed by atoms with Gasteiger partial charge in [-0.05, 0) is 109 Å². The molecule has 0 bridgehead atoms. The molecule has 3 saturated heterocycles. The van der Waals surface area contributed by atoms with Gasteiger partial charge in [-0.2, -0.15) is 0 Å². The molecular formula is C48H82O19. The average molecular weight is 963 g/mol. The van der Waals surface area contributed by atoms with Crippen LogP contribution < -0.4 is 0 Å². The molecular weight excluding hydrogens is 881 g/mol. The normalized spacial score (nSPS) is 54.7. The van der Waals surface area contributed by atoms with Gasteiger partial charge >= 0.3 is 0 Å². The first kappa shape index (κ1) is 52.6. The molecule has 27 atom stereocenters. The zero-order chi connectivity index (χ0) is 49.1. The minimum atomic E-state index is -1.94. The quantitative estimate of drug-likeness (QED) is 0.0894. The van der Waals surface area contributed by atoms with Gasteiger partial charge in [0.15, 0.2) is 18.9 Å². The Balaban J connectivity index is 1.00. The summed E-state index contributed by atoms with van der Waals surface area (Å²) in [6.07, 6.45) is -20.5. The van der Waals surface area contributed by atoms with E-state index >= 15 is 0 Å². The number of fused-ring (bicyclic) bond motifs is 2. The molecule has 0 amide bonds. The van der Waals surface area contributed by atoms with Crippen molar-refractivity contribution in [3.05, 3.63) is 0 Å². The topological polar surface area (TPSA) is 318 Å². The molecule has 0 aromatic heterocycles. The molecule has 19 nitrogen and oxygen atoms in total. The zero-order valence-electron chi connectivity index (χ0n) is 40.1. The molecule has 0 radical (unpaired) electrons. The first-order chi connectivity index (χ1) is 31.4. The van der Waals surface area contributed by atoms with Crippen LogP contribution in [-0.2, 0) is 28.4 Å². The smallest absolute Gasteiger partial charge is 0.187 e. The van der Waals surface area contributed by atoms with Gasteiger partial charge in [0, 0.05) is 5.41 Å². The second kappa shape index (κ2) is 18.9. The first-order valence-electron chi connectivity index (χ1n) is 25.0. The van der Waals surface area contributed by atoms with Gasteiger partial charge in [-0.1, -0.05) is 48.5 Å². The average Bonchev–Trinajstić information content (AvgIpc) is 3.88. The lowest BCUT2D eigenvalue weighted by Gasteiger charge is -2.64. The molecule has 5 saturated carbocycles. The van der Waals surface area contributed by atoms with E-state index in [-0.39, 0.29) is 45.8 Å². The second-order valence-electron chi connectivity index (χ2n) is 23.6. The molecule has 0 aromatic carbocycles. The van der Waals surface area contributed by atoms with Crippen LogP contribution in [-0.4, -0.2) is 203 Å². The van der Waals surface area contributed by atoms with Crippen molar-refractivity contribution in [2.24, 2.45) is 56.7 Å². The van der Waals surface area contributed by atoms with Gasteiger partial charge in [-0.15, -0.1) is 0 Å². The number of aliphatic hydroxyl groups excluding tert-OH is 13. The predicted molar refractivity (Wildman–Crippen MR) is 233 cm³/mol. The van der Waals surface area contributed by atoms with E-state index in [1.807, 2.05) is 13.8 Å². The summed E-state index contributed by atoms with van der Waals surface area (Å²) in [5, 5.41) is 142. The molecule has 2 spiro atoms. The summed E-state index contributed by atoms with van der Waals surface area (Å²) in [6, 6.07) is 0. The van der Waals surface area contributed by atoms with Crippen molar-refractivity contribution in [1.82, 2.24) is 0 Å². The van der Waals surface area contributed by atoms with Crippen LogP contribution in [0.5, 0.6) is 0 Å². The number of ether oxygens (including phenoxy) is 6. The summed E-state index contributed by atoms with van der Waals surface area (Å²) in [6.45, 7) is 12.7. The first-order valence-corrected chi connectivity index (χ1v) is 25.0. The van der Waals surface area contributed by atoms with Crippen LogP contribution in [0.3, 0.4) is 0 Å². The fourth-order valence-electron chi connectivity index (χ4n) is 16.0. The van der Waals surface area contributed by atoms with E-state index in [4.69, 9.17) is 28.4 Å². The van der Waals surface area contributed by atoms with E-state index in [1.54, 1.807) is 0 Å². The van der Waals surface area contributed by atoms with Crippen molar-refractivity contribution < 1.29 is 94.8 Å². The number of rotatable bonds is 14. The fraction of sp³-hybridized carbons (Fsp3) is 1.00. The lowest BCUT2D eigenvalue weighted by molar-refractivity contribution is -0.391. The Kier molecular flexibility index (Phi) is 14.9. The summed E-state index contributed by atoms with van der Waals surface area (Å²) < 4.78 is 36.1. The maximum absolute atomic E-state index is 12.5. The fourth-order valence-corrected chi connectivity index (χ4v) is 16.0. The molecule has 2 unspecified atom stereocenters. The van der Waals surface area contributed by atoms with Crippen LogP contribution >= 0.6 is 0 Å². The Morgan fingerprint density at radius 2 is 1.12 bits per heavy atom. The number of hydrogen-bond acceptors (Lipinski definition) is 19. The summed E-state index contributed by atoms with van der Waals surface area (Å²) in [5.41, 5.74) is -1.58. The molecule has 3 heterocycles. The van der Waals surface area contributed by atoms with Crippen LogP contribution in [0.15, 0.2) is 0 Å². The van der Waals surface area contributed by atoms with Gasteiger partial charge in [0.2, 0.25) is 0 Å². The SMILES string of the molecule is CC(C)C(O)CC[C@@H](C)[C@H]1[C@@H](O)C[C@@]2(C)[C@@H]3CC[C@H]4C(C)(C)[C@@H](O[C@@H]5O[C@H](CO)[C@@H](O)[C@H](O)[C@H]5O[C@@H]5O[C@H](CO)[C@@H](O)[C@H](O[C@@H]6O[C@H](CO)[C@@H](O)[C@H](O)[C@H]6O)[C@H]5O)CC[C@@]45C[C@@]35CC(O)[C@]12C. The molecule has 3 aliphatic heterocycles. The molecule has 13 N–H and O–H groups in total. The van der Waals surface area contributed by atoms with Gasteiger partial charge in [-0.3, -0.25) is 0 Å². The van der Waals surface area contributed by atoms with Crippen LogP contribution in [0.25, 0.3) is 0 Å². The van der Waals surface area contributed by atoms with E-state index in [1.165, 1.54) is 0 Å². The Morgan fingerprint density at radius 3 is 1.73 bits per heavy atom. The maximum Gasteiger partial charge on any atom is 0.187 e. The summed E-state index contributed by atoms with van der Waals surface area (Å²) in [5.74, 6) is 0.570. The van der Waals surface area contributed by atoms with E-state index in [9.17, 15) is 66.4 Å². The second-order valence-corrected chi connectivity index (χ2v) is 23.6. The van der Waals surface area contributed by atoms with Crippen molar-refractivity contribution in [3.8, 4) is 0 Å². The minimum Gasteiger partial charge on any atom is -0.394 e. The van der Waals surface area contributed by atoms with Gasteiger partial charge in [0.05, 0.1) is 44.2 Å². The number of aliphatic hydroxyl groups is 13.